The van der Waals surface area contributed by atoms with Gasteiger partial charge in [0.15, 0.2) is 17.1 Å². The molecule has 66 valence electrons. The number of aryl methyl sites for hydroxylation is 1. The highest BCUT2D eigenvalue weighted by atomic mass is 16.1. The monoisotopic (exact) mass is 176 g/mol. The average molecular weight is 176 g/mol. The minimum Gasteiger partial charge on any atom is -0.293 e. The standard InChI is InChI=1S/C8H8N4O/c1-5-3-9-7(6(2)13)8-10-4-11-12(5)8/h3-4H,1-2H3. The summed E-state index contributed by atoms with van der Waals surface area (Å²) in [5, 5.41) is 3.97. The predicted octanol–water partition coefficient (Wildman–Crippen LogP) is 0.635. The van der Waals surface area contributed by atoms with E-state index >= 15 is 0 Å². The number of hydrogen-bond donors (Lipinski definition) is 0. The lowest BCUT2D eigenvalue weighted by atomic mass is 10.3. The third-order valence-corrected chi connectivity index (χ3v) is 1.81. The van der Waals surface area contributed by atoms with Crippen LogP contribution >= 0.6 is 0 Å². The number of ketones is 1. The maximum atomic E-state index is 11.1. The second kappa shape index (κ2) is 2.62. The first-order valence-corrected chi connectivity index (χ1v) is 3.86. The molecule has 0 atom stereocenters. The first kappa shape index (κ1) is 7.85. The van der Waals surface area contributed by atoms with E-state index in [0.717, 1.165) is 5.69 Å². The lowest BCUT2D eigenvalue weighted by molar-refractivity contribution is 0.101. The fourth-order valence-electron chi connectivity index (χ4n) is 1.18. The van der Waals surface area contributed by atoms with Gasteiger partial charge in [0, 0.05) is 13.1 Å². The van der Waals surface area contributed by atoms with Crippen molar-refractivity contribution in [3.05, 3.63) is 23.9 Å². The Balaban J connectivity index is 2.86. The Labute approximate surface area is 74.4 Å². The Kier molecular flexibility index (Phi) is 1.58. The van der Waals surface area contributed by atoms with Crippen molar-refractivity contribution in [2.75, 3.05) is 0 Å². The van der Waals surface area contributed by atoms with Gasteiger partial charge in [0.1, 0.15) is 6.33 Å². The highest BCUT2D eigenvalue weighted by Gasteiger charge is 2.10. The Morgan fingerprint density at radius 3 is 2.92 bits per heavy atom. The molecule has 13 heavy (non-hydrogen) atoms. The summed E-state index contributed by atoms with van der Waals surface area (Å²) in [4.78, 5) is 19.1. The summed E-state index contributed by atoms with van der Waals surface area (Å²) in [7, 11) is 0. The lowest BCUT2D eigenvalue weighted by Gasteiger charge is -1.99. The van der Waals surface area contributed by atoms with Crippen molar-refractivity contribution in [1.29, 1.82) is 0 Å². The van der Waals surface area contributed by atoms with Crippen LogP contribution in [-0.2, 0) is 0 Å². The number of hydrogen-bond acceptors (Lipinski definition) is 4. The zero-order valence-corrected chi connectivity index (χ0v) is 7.35. The van der Waals surface area contributed by atoms with Crippen molar-refractivity contribution in [1.82, 2.24) is 19.6 Å². The van der Waals surface area contributed by atoms with Gasteiger partial charge < -0.3 is 0 Å². The molecule has 0 saturated carbocycles. The number of aromatic nitrogens is 4. The maximum Gasteiger partial charge on any atom is 0.184 e. The molecule has 0 radical (unpaired) electrons. The smallest absolute Gasteiger partial charge is 0.184 e. The van der Waals surface area contributed by atoms with Crippen molar-refractivity contribution in [2.45, 2.75) is 13.8 Å². The van der Waals surface area contributed by atoms with Crippen LogP contribution in [0, 0.1) is 6.92 Å². The lowest BCUT2D eigenvalue weighted by Crippen LogP contribution is -2.04. The summed E-state index contributed by atoms with van der Waals surface area (Å²) in [6.07, 6.45) is 3.02. The number of Topliss-reactive ketones (excluding diaryl/α,β-unsaturated/α-hetero) is 1. The van der Waals surface area contributed by atoms with Crippen LogP contribution in [0.2, 0.25) is 0 Å². The molecule has 0 aliphatic rings. The zero-order chi connectivity index (χ0) is 9.42. The van der Waals surface area contributed by atoms with Gasteiger partial charge in [0.05, 0.1) is 5.69 Å². The molecule has 0 aliphatic carbocycles. The molecule has 2 rings (SSSR count). The Hall–Kier alpha value is -1.78. The van der Waals surface area contributed by atoms with E-state index in [0.29, 0.717) is 11.3 Å². The summed E-state index contributed by atoms with van der Waals surface area (Å²) in [6, 6.07) is 0. The second-order valence-electron chi connectivity index (χ2n) is 2.80. The molecule has 2 aromatic rings. The molecule has 0 bridgehead atoms. The molecule has 2 heterocycles. The fourth-order valence-corrected chi connectivity index (χ4v) is 1.18. The van der Waals surface area contributed by atoms with E-state index in [-0.39, 0.29) is 5.78 Å². The highest BCUT2D eigenvalue weighted by Crippen LogP contribution is 2.06. The second-order valence-corrected chi connectivity index (χ2v) is 2.80. The van der Waals surface area contributed by atoms with Gasteiger partial charge in [-0.05, 0) is 6.92 Å². The molecule has 0 N–H and O–H groups in total. The number of rotatable bonds is 1. The number of nitrogens with zero attached hydrogens (tertiary/aromatic N) is 4. The molecular weight excluding hydrogens is 168 g/mol. The minimum atomic E-state index is -0.0991. The molecule has 5 nitrogen and oxygen atoms in total. The third kappa shape index (κ3) is 1.09. The van der Waals surface area contributed by atoms with Gasteiger partial charge in [0.25, 0.3) is 0 Å². The van der Waals surface area contributed by atoms with Gasteiger partial charge in [-0.25, -0.2) is 14.5 Å². The van der Waals surface area contributed by atoms with Crippen LogP contribution in [0.15, 0.2) is 12.5 Å². The molecule has 0 amide bonds. The molecule has 2 aromatic heterocycles. The van der Waals surface area contributed by atoms with Crippen LogP contribution in [0.5, 0.6) is 0 Å². The van der Waals surface area contributed by atoms with Crippen molar-refractivity contribution in [3.63, 3.8) is 0 Å². The quantitative estimate of drug-likeness (QED) is 0.598. The van der Waals surface area contributed by atoms with E-state index in [1.54, 1.807) is 10.7 Å². The van der Waals surface area contributed by atoms with Crippen molar-refractivity contribution >= 4 is 11.4 Å². The normalized spacial score (nSPS) is 10.6. The van der Waals surface area contributed by atoms with Crippen LogP contribution in [0.3, 0.4) is 0 Å². The SMILES string of the molecule is CC(=O)c1ncc(C)n2ncnc12. The van der Waals surface area contributed by atoms with Gasteiger partial charge >= 0.3 is 0 Å². The van der Waals surface area contributed by atoms with Gasteiger partial charge in [-0.3, -0.25) is 4.79 Å². The number of fused-ring (bicyclic) bond motifs is 1. The molecule has 0 aliphatic heterocycles. The molecule has 0 spiro atoms. The molecule has 0 aromatic carbocycles. The van der Waals surface area contributed by atoms with E-state index in [1.807, 2.05) is 6.92 Å². The van der Waals surface area contributed by atoms with Crippen molar-refractivity contribution < 1.29 is 4.79 Å². The van der Waals surface area contributed by atoms with E-state index in [2.05, 4.69) is 15.1 Å². The zero-order valence-electron chi connectivity index (χ0n) is 7.35. The Morgan fingerprint density at radius 2 is 2.23 bits per heavy atom. The topological polar surface area (TPSA) is 60.2 Å². The largest absolute Gasteiger partial charge is 0.293 e. The average Bonchev–Trinajstić information content (AvgIpc) is 2.53. The molecular formula is C8H8N4O. The van der Waals surface area contributed by atoms with Crippen molar-refractivity contribution in [3.8, 4) is 0 Å². The first-order valence-electron chi connectivity index (χ1n) is 3.86. The predicted molar refractivity (Wildman–Crippen MR) is 45.5 cm³/mol. The van der Waals surface area contributed by atoms with Gasteiger partial charge in [-0.2, -0.15) is 5.10 Å². The molecule has 0 unspecified atom stereocenters. The summed E-state index contributed by atoms with van der Waals surface area (Å²) in [5.74, 6) is -0.0991. The minimum absolute atomic E-state index is 0.0991. The maximum absolute atomic E-state index is 11.1. The highest BCUT2D eigenvalue weighted by molar-refractivity contribution is 5.97. The summed E-state index contributed by atoms with van der Waals surface area (Å²) in [5.41, 5.74) is 1.74. The summed E-state index contributed by atoms with van der Waals surface area (Å²) >= 11 is 0. The van der Waals surface area contributed by atoms with Gasteiger partial charge in [-0.1, -0.05) is 0 Å². The summed E-state index contributed by atoms with van der Waals surface area (Å²) < 4.78 is 1.60. The molecule has 0 saturated heterocycles. The first-order chi connectivity index (χ1) is 6.20. The van der Waals surface area contributed by atoms with Crippen LogP contribution in [-0.4, -0.2) is 25.4 Å². The Morgan fingerprint density at radius 1 is 1.46 bits per heavy atom. The fraction of sp³-hybridized carbons (Fsp3) is 0.250. The summed E-state index contributed by atoms with van der Waals surface area (Å²) in [6.45, 7) is 3.32. The van der Waals surface area contributed by atoms with Crippen LogP contribution < -0.4 is 0 Å². The van der Waals surface area contributed by atoms with Gasteiger partial charge in [-0.15, -0.1) is 0 Å². The van der Waals surface area contributed by atoms with Crippen LogP contribution in [0.4, 0.5) is 0 Å². The van der Waals surface area contributed by atoms with Crippen LogP contribution in [0.25, 0.3) is 5.65 Å². The van der Waals surface area contributed by atoms with E-state index in [9.17, 15) is 4.79 Å². The molecule has 5 heteroatoms. The van der Waals surface area contributed by atoms with Crippen molar-refractivity contribution in [2.24, 2.45) is 0 Å². The van der Waals surface area contributed by atoms with Gasteiger partial charge in [0.2, 0.25) is 0 Å². The van der Waals surface area contributed by atoms with E-state index < -0.39 is 0 Å². The number of carbonyl (C=O) groups is 1. The van der Waals surface area contributed by atoms with E-state index in [4.69, 9.17) is 0 Å². The number of carbonyl (C=O) groups excluding carboxylic acids is 1. The van der Waals surface area contributed by atoms with Crippen LogP contribution in [0.1, 0.15) is 23.1 Å². The Bertz CT molecular complexity index is 474. The molecule has 0 fully saturated rings. The third-order valence-electron chi connectivity index (χ3n) is 1.81. The van der Waals surface area contributed by atoms with E-state index in [1.165, 1.54) is 13.3 Å².